The molecule has 0 atom stereocenters. The fourth-order valence-corrected chi connectivity index (χ4v) is 0.722. The largest absolute Gasteiger partial charge is 0.999 e. The van der Waals surface area contributed by atoms with Gasteiger partial charge >= 0.3 is 59.7 Å². The fourth-order valence-electron chi connectivity index (χ4n) is 0.722. The molecule has 0 aliphatic heterocycles. The van der Waals surface area contributed by atoms with E-state index in [0.29, 0.717) is 22.5 Å². The van der Waals surface area contributed by atoms with Gasteiger partial charge in [0.1, 0.15) is 0 Å². The maximum atomic E-state index is 8.34. The zero-order chi connectivity index (χ0) is 16.1. The zero-order valence-electron chi connectivity index (χ0n) is 11.9. The van der Waals surface area contributed by atoms with Crippen LogP contribution in [0.4, 0.5) is 0 Å². The third kappa shape index (κ3) is 23.3. The normalized spacial score (nSPS) is 6.83. The van der Waals surface area contributed by atoms with Crippen LogP contribution in [-0.4, -0.2) is 22.5 Å². The number of hydrogen-bond acceptors (Lipinski definition) is 1. The first-order chi connectivity index (χ1) is 11.0. The summed E-state index contributed by atoms with van der Waals surface area (Å²) >= 11 is 0.300. The minimum absolute atomic E-state index is 0. The van der Waals surface area contributed by atoms with Gasteiger partial charge in [-0.15, -0.1) is 0 Å². The summed E-state index contributed by atoms with van der Waals surface area (Å²) < 4.78 is 8.34. The van der Waals surface area contributed by atoms with E-state index in [0.717, 1.165) is 0 Å². The quantitative estimate of drug-likeness (QED) is 0.272. The summed E-state index contributed by atoms with van der Waals surface area (Å²) in [6.07, 6.45) is 0. The topological polar surface area (TPSA) is 17.1 Å². The van der Waals surface area contributed by atoms with E-state index >= 15 is 0 Å². The Morgan fingerprint density at radius 3 is 0.542 bits per heavy atom. The van der Waals surface area contributed by atoms with Crippen LogP contribution in [0.1, 0.15) is 0 Å². The molecular weight excluding hydrogens is 487 g/mol. The number of rotatable bonds is 0. The van der Waals surface area contributed by atoms with Crippen molar-refractivity contribution in [2.75, 3.05) is 0 Å². The molecule has 0 saturated heterocycles. The smallest absolute Gasteiger partial charge is 0.800 e. The molecule has 0 saturated carbocycles. The molecule has 0 spiro atoms. The van der Waals surface area contributed by atoms with Gasteiger partial charge in [-0.1, -0.05) is 0 Å². The first-order valence-corrected chi connectivity index (χ1v) is 6.68. The van der Waals surface area contributed by atoms with Gasteiger partial charge in [0.25, 0.3) is 0 Å². The summed E-state index contributed by atoms with van der Waals surface area (Å²) in [5.41, 5.74) is 0. The van der Waals surface area contributed by atoms with Crippen molar-refractivity contribution in [2.24, 2.45) is 0 Å². The van der Waals surface area contributed by atoms with Crippen LogP contribution in [-0.2, 0) is 37.2 Å². The molecule has 0 N–H and O–H groups in total. The van der Waals surface area contributed by atoms with Crippen LogP contribution in [0, 0.1) is 97.1 Å². The van der Waals surface area contributed by atoms with Crippen LogP contribution >= 0.6 is 0 Å². The summed E-state index contributed by atoms with van der Waals surface area (Å²) in [6.45, 7) is 0. The molecule has 1 nitrogen and oxygen atoms in total. The predicted octanol–water partition coefficient (Wildman–Crippen LogP) is 1.92. The molecule has 0 unspecified atom stereocenters. The van der Waals surface area contributed by atoms with Gasteiger partial charge in [-0.05, 0) is 0 Å². The van der Waals surface area contributed by atoms with Crippen molar-refractivity contribution < 1.29 is 37.2 Å². The molecule has 24 heavy (non-hydrogen) atoms. The molecule has 0 aliphatic carbocycles. The first kappa shape index (κ1) is 27.9. The Kier molecular flexibility index (Phi) is 31.2. The molecule has 4 heteroatoms. The second-order valence-electron chi connectivity index (χ2n) is 2.73. The fraction of sp³-hybridized carbons (Fsp3) is 0. The maximum Gasteiger partial charge on any atom is -0.800 e. The van der Waals surface area contributed by atoms with E-state index in [1.54, 1.807) is 24.3 Å². The Morgan fingerprint density at radius 1 is 0.375 bits per heavy atom. The van der Waals surface area contributed by atoms with E-state index in [1.165, 1.54) is 0 Å². The standard InChI is InChI=1S/4C5H.2Fe.O.Sn/c4*1-2-4-5-3-1;;;;/h4*1H;;;;/q4*-5;2*+2;;. The molecule has 0 aliphatic rings. The molecule has 2 radical (unpaired) electrons. The monoisotopic (exact) mass is 492 g/mol. The van der Waals surface area contributed by atoms with Crippen molar-refractivity contribution in [3.05, 3.63) is 121 Å². The van der Waals surface area contributed by atoms with Crippen LogP contribution in [0.25, 0.3) is 0 Å². The van der Waals surface area contributed by atoms with E-state index < -0.39 is 0 Å². The van der Waals surface area contributed by atoms with Gasteiger partial charge in [0.2, 0.25) is 0 Å². The second kappa shape index (κ2) is 26.9. The molecule has 0 heterocycles. The Balaban J connectivity index is -0.000000231. The third-order valence-corrected chi connectivity index (χ3v) is 1.40. The minimum atomic E-state index is 0. The Hall–Kier alpha value is -0.962. The molecule has 0 amide bonds. The van der Waals surface area contributed by atoms with E-state index in [9.17, 15) is 0 Å². The summed E-state index contributed by atoms with van der Waals surface area (Å²) in [6, 6.07) is 48.0. The van der Waals surface area contributed by atoms with Gasteiger partial charge in [-0.2, -0.15) is 0 Å². The third-order valence-electron chi connectivity index (χ3n) is 1.40. The maximum absolute atomic E-state index is 8.34. The van der Waals surface area contributed by atoms with Crippen LogP contribution in [0.3, 0.4) is 0 Å². The summed E-state index contributed by atoms with van der Waals surface area (Å²) in [7, 11) is 0. The molecular formula is C20H4Fe2OSn-16. The van der Waals surface area contributed by atoms with Crippen LogP contribution in [0.2, 0.25) is 0 Å². The average Bonchev–Trinajstić information content (AvgIpc) is 3.46. The van der Waals surface area contributed by atoms with Crippen molar-refractivity contribution in [3.8, 4) is 0 Å². The summed E-state index contributed by atoms with van der Waals surface area (Å²) in [5.74, 6) is 0. The average molecular weight is 491 g/mol. The van der Waals surface area contributed by atoms with Gasteiger partial charge in [0.15, 0.2) is 0 Å². The molecule has 0 fully saturated rings. The van der Waals surface area contributed by atoms with E-state index in [1.807, 2.05) is 0 Å². The molecule has 4 aromatic carbocycles. The van der Waals surface area contributed by atoms with Gasteiger partial charge < -0.3 is 121 Å². The molecule has 0 aromatic heterocycles. The van der Waals surface area contributed by atoms with E-state index in [2.05, 4.69) is 97.1 Å². The van der Waals surface area contributed by atoms with Crippen molar-refractivity contribution in [2.45, 2.75) is 0 Å². The Bertz CT molecular complexity index is 367. The molecule has 0 bridgehead atoms. The SMILES string of the molecule is [Fe+2].[Fe+2].[O]=[Sn].[c-]1[c-][c-][cH-][c-]1.[c-]1[c-][c-][cH-][c-]1.[c-]1[c-][c-][cH-][c-]1.[c-]1[c-][c-][cH-][c-]1. The van der Waals surface area contributed by atoms with Gasteiger partial charge in [-0.25, -0.2) is 0 Å². The molecule has 4 rings (SSSR count). The first-order valence-electron chi connectivity index (χ1n) is 5.51. The van der Waals surface area contributed by atoms with Crippen molar-refractivity contribution in [1.29, 1.82) is 0 Å². The Labute approximate surface area is 180 Å². The van der Waals surface area contributed by atoms with Crippen LogP contribution in [0.5, 0.6) is 0 Å². The molecule has 4 aromatic rings. The Morgan fingerprint density at radius 2 is 0.500 bits per heavy atom. The zero-order valence-corrected chi connectivity index (χ0v) is 17.0. The second-order valence-corrected chi connectivity index (χ2v) is 2.73. The van der Waals surface area contributed by atoms with Crippen molar-refractivity contribution >= 4 is 22.5 Å². The predicted molar refractivity (Wildman–Crippen MR) is 76.0 cm³/mol. The molecule has 126 valence electrons. The van der Waals surface area contributed by atoms with Crippen molar-refractivity contribution in [3.63, 3.8) is 0 Å². The van der Waals surface area contributed by atoms with Gasteiger partial charge in [-0.3, -0.25) is 0 Å². The van der Waals surface area contributed by atoms with Crippen LogP contribution < -0.4 is 0 Å². The van der Waals surface area contributed by atoms with E-state index in [-0.39, 0.29) is 34.1 Å². The van der Waals surface area contributed by atoms with Gasteiger partial charge in [0, 0.05) is 0 Å². The van der Waals surface area contributed by atoms with Crippen molar-refractivity contribution in [1.82, 2.24) is 0 Å². The summed E-state index contributed by atoms with van der Waals surface area (Å²) in [5, 5.41) is 0. The summed E-state index contributed by atoms with van der Waals surface area (Å²) in [4.78, 5) is 0. The number of hydrogen-bond donors (Lipinski definition) is 0. The van der Waals surface area contributed by atoms with Crippen LogP contribution in [0.15, 0.2) is 24.3 Å². The van der Waals surface area contributed by atoms with E-state index in [4.69, 9.17) is 3.08 Å². The van der Waals surface area contributed by atoms with Gasteiger partial charge in [0.05, 0.1) is 0 Å². The minimum Gasteiger partial charge on any atom is -0.999 e.